The summed E-state index contributed by atoms with van der Waals surface area (Å²) in [6.07, 6.45) is -25.4. The minimum absolute atomic E-state index is 0.00586. The van der Waals surface area contributed by atoms with Crippen LogP contribution in [0.5, 0.6) is 51.7 Å². The van der Waals surface area contributed by atoms with E-state index in [1.165, 1.54) is 19.2 Å². The Morgan fingerprint density at radius 1 is 0.657 bits per heavy atom. The molecular formula is C99H116Cl3N11O30. The molecule has 0 radical (unpaired) electrons. The average molecular weight is 2050 g/mol. The molecule has 1 aliphatic carbocycles. The van der Waals surface area contributed by atoms with E-state index in [-0.39, 0.29) is 81.1 Å². The summed E-state index contributed by atoms with van der Waals surface area (Å²) in [4.78, 5) is 133. The van der Waals surface area contributed by atoms with Crippen LogP contribution >= 0.6 is 34.8 Å². The van der Waals surface area contributed by atoms with Crippen molar-refractivity contribution < 1.29 is 148 Å². The van der Waals surface area contributed by atoms with Crippen LogP contribution in [0.2, 0.25) is 15.1 Å². The summed E-state index contributed by atoms with van der Waals surface area (Å²) >= 11 is 21.5. The second-order valence-corrected chi connectivity index (χ2v) is 37.6. The minimum atomic E-state index is -2.45. The van der Waals surface area contributed by atoms with Gasteiger partial charge in [0.05, 0.1) is 58.5 Å². The number of aromatic hydroxyl groups is 3. The van der Waals surface area contributed by atoms with Crippen molar-refractivity contribution in [3.8, 4) is 74.0 Å². The number of phenolic OH excluding ortho intramolecular Hbond substituents is 3. The number of carbonyl (C=O) groups is 9. The monoisotopic (exact) mass is 2040 g/mol. The molecule has 768 valence electrons. The summed E-state index contributed by atoms with van der Waals surface area (Å²) in [7, 11) is 1.46. The van der Waals surface area contributed by atoms with Crippen LogP contribution in [0.3, 0.4) is 0 Å². The number of likely N-dealkylation sites (N-methyl/N-ethyl adjacent to an activating group) is 1. The van der Waals surface area contributed by atoms with Gasteiger partial charge in [-0.05, 0) is 181 Å². The lowest BCUT2D eigenvalue weighted by atomic mass is 9.70. The van der Waals surface area contributed by atoms with E-state index in [1.807, 2.05) is 68.4 Å². The van der Waals surface area contributed by atoms with Gasteiger partial charge in [-0.1, -0.05) is 135 Å². The first kappa shape index (κ1) is 108. The summed E-state index contributed by atoms with van der Waals surface area (Å²) in [5.41, 5.74) is 5.52. The molecule has 2 fully saturated rings. The molecule has 7 aliphatic rings. The number of ether oxygens (including phenoxy) is 6. The van der Waals surface area contributed by atoms with E-state index in [2.05, 4.69) is 53.2 Å². The van der Waals surface area contributed by atoms with Gasteiger partial charge in [0, 0.05) is 41.9 Å². The van der Waals surface area contributed by atoms with Gasteiger partial charge < -0.3 is 164 Å². The van der Waals surface area contributed by atoms with Gasteiger partial charge in [0.2, 0.25) is 53.4 Å². The molecule has 15 rings (SSSR count). The van der Waals surface area contributed by atoms with Gasteiger partial charge >= 0.3 is 5.97 Å². The van der Waals surface area contributed by atoms with Gasteiger partial charge in [0.25, 0.3) is 5.91 Å². The molecule has 8 aromatic rings. The first-order valence-corrected chi connectivity index (χ1v) is 47.3. The van der Waals surface area contributed by atoms with Gasteiger partial charge in [-0.25, -0.2) is 4.79 Å². The molecule has 1 saturated carbocycles. The quantitative estimate of drug-likeness (QED) is 0.0269. The Hall–Kier alpha value is -12.2. The van der Waals surface area contributed by atoms with Crippen LogP contribution in [0.1, 0.15) is 147 Å². The fourth-order valence-electron chi connectivity index (χ4n) is 18.2. The summed E-state index contributed by atoms with van der Waals surface area (Å²) in [6.45, 7) is 6.65. The van der Waals surface area contributed by atoms with Crippen LogP contribution < -0.4 is 77.8 Å². The maximum Gasteiger partial charge on any atom is 0.330 e. The number of halogens is 3. The summed E-state index contributed by atoms with van der Waals surface area (Å²) < 4.78 is 40.3. The molecule has 143 heavy (non-hydrogen) atoms. The number of hydrogen-bond donors (Lipinski definition) is 26. The lowest BCUT2D eigenvalue weighted by molar-refractivity contribution is -0.299. The highest BCUT2D eigenvalue weighted by atomic mass is 35.5. The molecule has 0 aromatic heterocycles. The lowest BCUT2D eigenvalue weighted by Gasteiger charge is -2.50. The maximum atomic E-state index is 16.6. The third kappa shape index (κ3) is 24.6. The van der Waals surface area contributed by atoms with Crippen molar-refractivity contribution in [1.29, 1.82) is 0 Å². The highest BCUT2D eigenvalue weighted by Crippen LogP contribution is 2.52. The number of amides is 8. The van der Waals surface area contributed by atoms with Gasteiger partial charge in [-0.2, -0.15) is 0 Å². The lowest BCUT2D eigenvalue weighted by Crippen LogP contribution is -2.64. The number of carbonyl (C=O) groups excluding carboxylic acids is 8. The second-order valence-electron chi connectivity index (χ2n) is 36.4. The van der Waals surface area contributed by atoms with E-state index >= 15 is 24.0 Å². The number of fused-ring (bicyclic) bond motifs is 15. The zero-order valence-electron chi connectivity index (χ0n) is 78.2. The number of nitrogens with two attached hydrogens (primary N) is 1. The first-order valence-electron chi connectivity index (χ1n) is 46.2. The molecule has 11 bridgehead atoms. The summed E-state index contributed by atoms with van der Waals surface area (Å²) in [5, 5.41) is 196. The normalized spacial score (nSPS) is 25.1. The summed E-state index contributed by atoms with van der Waals surface area (Å²) in [6, 6.07) is 18.8. The molecular weight excluding hydrogens is 1930 g/mol. The Bertz CT molecular complexity index is 6020. The summed E-state index contributed by atoms with van der Waals surface area (Å²) in [5.74, 6) is -18.4. The molecule has 6 aliphatic heterocycles. The van der Waals surface area contributed by atoms with E-state index in [0.29, 0.717) is 16.3 Å². The van der Waals surface area contributed by atoms with Gasteiger partial charge in [0.15, 0.2) is 23.6 Å². The Balaban J connectivity index is 0.926. The van der Waals surface area contributed by atoms with E-state index < -0.39 is 296 Å². The molecule has 44 heteroatoms. The molecule has 27 N–H and O–H groups in total. The Morgan fingerprint density at radius 2 is 1.31 bits per heavy atom. The largest absolute Gasteiger partial charge is 0.507 e. The fraction of sp³-hybridized carbons (Fsp3) is 0.424. The molecule has 1 saturated heterocycles. The number of rotatable bonds is 32. The van der Waals surface area contributed by atoms with E-state index in [1.54, 1.807) is 32.9 Å². The Morgan fingerprint density at radius 3 is 1.94 bits per heavy atom. The van der Waals surface area contributed by atoms with E-state index in [4.69, 9.17) is 69.0 Å². The highest BCUT2D eigenvalue weighted by molar-refractivity contribution is 6.33. The standard InChI is InChI=1S/C99H116Cl3N11O30/c1-7-99(107-38-46-17-22-66(58(100)29-46)138-42-51-15-11-16-54(45(51)5)47-13-9-8-10-14-47)37-53(28-44(4)89(99)128)139-88-85(126)83(124)71(41-115)142-98(88)143-87-69-33-52-34-70(87)141-68-24-20-50(32-60(68)102)80(121)78-95(134)111-76(97(136)137)56-35-64(117)57(39-105-25-12-26-106-96(135)86(127)84(125)82(123)65(118)40-114)81(122)73(56)55-30-48(18-21-63(55)116)74(92(131)113-78)110-93(132)75(52)109-91(130)62(36-72(103)119)108-94(133)77(112-90(129)61(104-6)27-43(2)3)79(120)49-19-23-67(140-69)59(101)31-49/h8-11,13-24,29-35,43-44,53,61-62,65,71,74-80,82-86,88-89,98,104-105,107,114-118,120-128H,7,12,25-28,36-42H2,1-6H3,(H2,103,119)(H,106,135)(H,108,133)(H,109,130)(H,110,132)(H,111,134)(H,112,129)(H,113,131)(H,136,137)/t44-,53-,61-,62?,65-,71-,74-,75-,76+,77-,78+,79-,80-,82-,83?,84+,85?,86-,88-,89-,98?,99?/m1/s1. The van der Waals surface area contributed by atoms with Crippen molar-refractivity contribution in [2.24, 2.45) is 17.6 Å². The highest BCUT2D eigenvalue weighted by Gasteiger charge is 2.53. The fourth-order valence-corrected chi connectivity index (χ4v) is 18.9. The number of phenols is 3. The van der Waals surface area contributed by atoms with E-state index in [9.17, 15) is 95.8 Å². The number of hydrogen-bond acceptors (Lipinski definition) is 32. The number of carboxylic acids is 1. The molecule has 0 spiro atoms. The third-order valence-corrected chi connectivity index (χ3v) is 27.1. The molecule has 8 amide bonds. The van der Waals surface area contributed by atoms with Crippen LogP contribution in [0.4, 0.5) is 0 Å². The number of aliphatic hydroxyl groups is 11. The van der Waals surface area contributed by atoms with Crippen molar-refractivity contribution >= 4 is 88.0 Å². The van der Waals surface area contributed by atoms with Gasteiger partial charge in [-0.15, -0.1) is 0 Å². The van der Waals surface area contributed by atoms with Crippen LogP contribution in [-0.2, 0) is 72.3 Å². The van der Waals surface area contributed by atoms with Crippen molar-refractivity contribution in [3.05, 3.63) is 205 Å². The smallest absolute Gasteiger partial charge is 0.330 e. The van der Waals surface area contributed by atoms with Crippen molar-refractivity contribution in [3.63, 3.8) is 0 Å². The Labute approximate surface area is 834 Å². The van der Waals surface area contributed by atoms with Crippen molar-refractivity contribution in [1.82, 2.24) is 53.2 Å². The maximum absolute atomic E-state index is 16.6. The number of nitrogens with one attached hydrogen (secondary N) is 10. The van der Waals surface area contributed by atoms with Gasteiger partial charge in [0.1, 0.15) is 126 Å². The molecule has 8 aromatic carbocycles. The van der Waals surface area contributed by atoms with E-state index in [0.717, 1.165) is 82.9 Å². The zero-order valence-corrected chi connectivity index (χ0v) is 80.5. The zero-order chi connectivity index (χ0) is 104. The SMILES string of the molecule is CCC1(NCc2ccc(OCc3cccc(-c4ccccc4)c3C)c(Cl)c2)C[C@H](O[C@H]2C(Oc3c4cc5cc3Oc3ccc(cc3Cl)[C@@H](O)[C@@H](NC(=O)[C@@H](CC(C)C)NC)C(=O)NC(CC(N)=O)C(=O)N[C@H]5C(=O)N[C@H]3C(=O)N[C@H](C(=O)N[C@H](C(=O)O)c5cc(O)c(CNCCCNC(=O)[C@H](O)[C@@H](O)[C@H](O)[C@H](O)CO)c(O)c5-c5cc3ccc5O)[C@H](O)c3ccc(c(Cl)c3)O4)O[C@H](CO)C(O)C2O)C[C@@H](C)[C@H]1O. The number of benzene rings is 8. The molecule has 41 nitrogen and oxygen atoms in total. The minimum Gasteiger partial charge on any atom is -0.507 e. The van der Waals surface area contributed by atoms with Crippen LogP contribution in [0.15, 0.2) is 140 Å². The topological polar surface area (TPSA) is 659 Å². The predicted octanol–water partition coefficient (Wildman–Crippen LogP) is 3.23. The van der Waals surface area contributed by atoms with Crippen LogP contribution in [-0.4, -0.2) is 260 Å². The van der Waals surface area contributed by atoms with Crippen LogP contribution in [0, 0.1) is 18.8 Å². The second kappa shape index (κ2) is 47.1. The molecule has 6 heterocycles. The third-order valence-electron chi connectivity index (χ3n) is 26.2. The van der Waals surface area contributed by atoms with Crippen LogP contribution in [0.25, 0.3) is 22.3 Å². The van der Waals surface area contributed by atoms with Crippen molar-refractivity contribution in [2.45, 2.75) is 220 Å². The number of primary amides is 1. The van der Waals surface area contributed by atoms with Gasteiger partial charge in [-0.3, -0.25) is 38.4 Å². The molecule has 22 atom stereocenters. The number of carboxylic acid groups (broad SMARTS) is 1. The first-order chi connectivity index (χ1) is 68.1. The molecule has 5 unspecified atom stereocenters. The number of aliphatic hydroxyl groups excluding tert-OH is 11. The number of aliphatic carboxylic acids is 1. The van der Waals surface area contributed by atoms with Crippen molar-refractivity contribution in [2.75, 3.05) is 33.4 Å². The predicted molar refractivity (Wildman–Crippen MR) is 513 cm³/mol. The average Bonchev–Trinajstić information content (AvgIpc) is 0.753. The Kier molecular flexibility index (Phi) is 35.6.